The first-order valence-electron chi connectivity index (χ1n) is 5.40. The van der Waals surface area contributed by atoms with Crippen LogP contribution in [0.5, 0.6) is 0 Å². The van der Waals surface area contributed by atoms with E-state index in [4.69, 9.17) is 10.2 Å². The van der Waals surface area contributed by atoms with Gasteiger partial charge in [-0.05, 0) is 24.3 Å². The van der Waals surface area contributed by atoms with E-state index < -0.39 is 0 Å². The summed E-state index contributed by atoms with van der Waals surface area (Å²) in [7, 11) is 0. The van der Waals surface area contributed by atoms with Crippen molar-refractivity contribution in [1.29, 1.82) is 0 Å². The Morgan fingerprint density at radius 2 is 2.05 bits per heavy atom. The lowest BCUT2D eigenvalue weighted by molar-refractivity contribution is 0.0950. The van der Waals surface area contributed by atoms with E-state index in [2.05, 4.69) is 10.3 Å². The number of hydrogen-bond donors (Lipinski definition) is 2. The van der Waals surface area contributed by atoms with Crippen molar-refractivity contribution >= 4 is 18.3 Å². The van der Waals surface area contributed by atoms with E-state index in [1.807, 2.05) is 0 Å². The van der Waals surface area contributed by atoms with Crippen LogP contribution in [0.4, 0.5) is 4.39 Å². The summed E-state index contributed by atoms with van der Waals surface area (Å²) in [5, 5.41) is 2.60. The highest BCUT2D eigenvalue weighted by molar-refractivity contribution is 5.97. The highest BCUT2D eigenvalue weighted by Gasteiger charge is 2.17. The Labute approximate surface area is 115 Å². The molecule has 2 rings (SSSR count). The average molecular weight is 286 g/mol. The minimum atomic E-state index is -0.367. The normalized spacial score (nSPS) is 9.79. The molecular weight excluding hydrogens is 273 g/mol. The summed E-state index contributed by atoms with van der Waals surface area (Å²) < 4.78 is 18.0. The van der Waals surface area contributed by atoms with E-state index in [-0.39, 0.29) is 29.8 Å². The molecule has 0 aliphatic heterocycles. The molecule has 2 aromatic rings. The molecule has 0 aliphatic carbocycles. The number of nitrogens with one attached hydrogen (secondary N) is 1. The zero-order chi connectivity index (χ0) is 13.0. The van der Waals surface area contributed by atoms with Crippen molar-refractivity contribution in [3.63, 3.8) is 0 Å². The molecule has 0 spiro atoms. The van der Waals surface area contributed by atoms with Crippen LogP contribution in [0.25, 0.3) is 11.3 Å². The second-order valence-electron chi connectivity index (χ2n) is 3.58. The maximum atomic E-state index is 12.8. The number of rotatable bonds is 4. The summed E-state index contributed by atoms with van der Waals surface area (Å²) in [6.45, 7) is 0.698. The van der Waals surface area contributed by atoms with Crippen molar-refractivity contribution in [2.45, 2.75) is 0 Å². The number of hydrogen-bond acceptors (Lipinski definition) is 4. The fourth-order valence-electron chi connectivity index (χ4n) is 1.48. The summed E-state index contributed by atoms with van der Waals surface area (Å²) in [6, 6.07) is 5.63. The minimum Gasteiger partial charge on any atom is -0.443 e. The monoisotopic (exact) mass is 285 g/mol. The Bertz CT molecular complexity index is 542. The molecule has 0 bridgehead atoms. The van der Waals surface area contributed by atoms with E-state index in [0.717, 1.165) is 0 Å². The molecule has 5 nitrogen and oxygen atoms in total. The third-order valence-corrected chi connectivity index (χ3v) is 2.32. The highest BCUT2D eigenvalue weighted by atomic mass is 35.5. The Hall–Kier alpha value is -1.92. The lowest BCUT2D eigenvalue weighted by Crippen LogP contribution is -2.29. The van der Waals surface area contributed by atoms with E-state index >= 15 is 0 Å². The molecule has 1 aromatic carbocycles. The summed E-state index contributed by atoms with van der Waals surface area (Å²) >= 11 is 0. The van der Waals surface area contributed by atoms with Gasteiger partial charge in [0.15, 0.2) is 17.8 Å². The fraction of sp³-hybridized carbons (Fsp3) is 0.167. The van der Waals surface area contributed by atoms with Gasteiger partial charge in [-0.15, -0.1) is 12.4 Å². The molecule has 0 saturated heterocycles. The predicted molar refractivity (Wildman–Crippen MR) is 70.5 cm³/mol. The van der Waals surface area contributed by atoms with Gasteiger partial charge in [0.25, 0.3) is 5.91 Å². The van der Waals surface area contributed by atoms with Crippen LogP contribution in [-0.2, 0) is 0 Å². The molecule has 0 aliphatic rings. The molecule has 1 amide bonds. The number of benzene rings is 1. The molecule has 1 aromatic heterocycles. The van der Waals surface area contributed by atoms with Gasteiger partial charge in [-0.2, -0.15) is 0 Å². The van der Waals surface area contributed by atoms with Gasteiger partial charge in [-0.3, -0.25) is 4.79 Å². The van der Waals surface area contributed by atoms with Gasteiger partial charge in [0.2, 0.25) is 0 Å². The number of oxazole rings is 1. The van der Waals surface area contributed by atoms with Crippen LogP contribution in [0.2, 0.25) is 0 Å². The largest absolute Gasteiger partial charge is 0.443 e. The molecule has 1 heterocycles. The standard InChI is InChI=1S/C12H12FN3O2.ClH/c13-9-3-1-8(2-4-9)11-10(16-7-18-11)12(17)15-6-5-14;/h1-4,7H,5-6,14H2,(H,15,17);1H. The first-order valence-corrected chi connectivity index (χ1v) is 5.40. The zero-order valence-corrected chi connectivity index (χ0v) is 10.7. The molecule has 0 saturated carbocycles. The molecule has 19 heavy (non-hydrogen) atoms. The number of halogens is 2. The van der Waals surface area contributed by atoms with Crippen LogP contribution in [-0.4, -0.2) is 24.0 Å². The Kier molecular flexibility index (Phi) is 5.47. The summed E-state index contributed by atoms with van der Waals surface area (Å²) in [5.41, 5.74) is 6.05. The van der Waals surface area contributed by atoms with E-state index in [0.29, 0.717) is 24.4 Å². The van der Waals surface area contributed by atoms with Crippen molar-refractivity contribution in [2.24, 2.45) is 5.73 Å². The fourth-order valence-corrected chi connectivity index (χ4v) is 1.48. The van der Waals surface area contributed by atoms with Gasteiger partial charge >= 0.3 is 0 Å². The third-order valence-electron chi connectivity index (χ3n) is 2.32. The smallest absolute Gasteiger partial charge is 0.273 e. The highest BCUT2D eigenvalue weighted by Crippen LogP contribution is 2.23. The molecule has 0 unspecified atom stereocenters. The maximum Gasteiger partial charge on any atom is 0.273 e. The van der Waals surface area contributed by atoms with Crippen LogP contribution in [0, 0.1) is 5.82 Å². The number of aromatic nitrogens is 1. The van der Waals surface area contributed by atoms with E-state index in [1.54, 1.807) is 0 Å². The number of carbonyl (C=O) groups excluding carboxylic acids is 1. The topological polar surface area (TPSA) is 81.1 Å². The van der Waals surface area contributed by atoms with Gasteiger partial charge < -0.3 is 15.5 Å². The Morgan fingerprint density at radius 3 is 2.68 bits per heavy atom. The number of nitrogens with zero attached hydrogens (tertiary/aromatic N) is 1. The number of carbonyl (C=O) groups is 1. The molecule has 7 heteroatoms. The molecule has 102 valence electrons. The third kappa shape index (κ3) is 3.52. The zero-order valence-electron chi connectivity index (χ0n) is 9.93. The maximum absolute atomic E-state index is 12.8. The van der Waals surface area contributed by atoms with Crippen molar-refractivity contribution in [2.75, 3.05) is 13.1 Å². The summed E-state index contributed by atoms with van der Waals surface area (Å²) in [4.78, 5) is 15.6. The van der Waals surface area contributed by atoms with Gasteiger partial charge in [0.05, 0.1) is 0 Å². The van der Waals surface area contributed by atoms with Crippen molar-refractivity contribution in [3.8, 4) is 11.3 Å². The van der Waals surface area contributed by atoms with Crippen molar-refractivity contribution in [1.82, 2.24) is 10.3 Å². The number of nitrogens with two attached hydrogens (primary N) is 1. The molecule has 3 N–H and O–H groups in total. The predicted octanol–water partition coefficient (Wildman–Crippen LogP) is 1.59. The van der Waals surface area contributed by atoms with Crippen LogP contribution in [0.15, 0.2) is 35.1 Å². The van der Waals surface area contributed by atoms with E-state index in [9.17, 15) is 9.18 Å². The molecule has 0 fully saturated rings. The van der Waals surface area contributed by atoms with Crippen LogP contribution in [0.1, 0.15) is 10.5 Å². The lowest BCUT2D eigenvalue weighted by atomic mass is 10.1. The van der Waals surface area contributed by atoms with Crippen LogP contribution >= 0.6 is 12.4 Å². The first kappa shape index (κ1) is 15.1. The molecule has 0 radical (unpaired) electrons. The van der Waals surface area contributed by atoms with Gasteiger partial charge in [0.1, 0.15) is 5.82 Å². The minimum absolute atomic E-state index is 0. The second-order valence-corrected chi connectivity index (χ2v) is 3.58. The van der Waals surface area contributed by atoms with Crippen LogP contribution in [0.3, 0.4) is 0 Å². The second kappa shape index (κ2) is 6.86. The van der Waals surface area contributed by atoms with Gasteiger partial charge in [-0.1, -0.05) is 0 Å². The quantitative estimate of drug-likeness (QED) is 0.894. The molecular formula is C12H13ClFN3O2. The Morgan fingerprint density at radius 1 is 1.37 bits per heavy atom. The Balaban J connectivity index is 0.00000180. The SMILES string of the molecule is Cl.NCCNC(=O)c1ncoc1-c1ccc(F)cc1. The van der Waals surface area contributed by atoms with Crippen molar-refractivity contribution < 1.29 is 13.6 Å². The summed E-state index contributed by atoms with van der Waals surface area (Å²) in [6.07, 6.45) is 1.18. The van der Waals surface area contributed by atoms with Crippen molar-refractivity contribution in [3.05, 3.63) is 42.2 Å². The average Bonchev–Trinajstić information content (AvgIpc) is 2.86. The number of amides is 1. The molecule has 0 atom stereocenters. The summed E-state index contributed by atoms with van der Waals surface area (Å²) in [5.74, 6) is -0.412. The van der Waals surface area contributed by atoms with Crippen LogP contribution < -0.4 is 11.1 Å². The lowest BCUT2D eigenvalue weighted by Gasteiger charge is -2.02. The van der Waals surface area contributed by atoms with E-state index in [1.165, 1.54) is 30.7 Å². The van der Waals surface area contributed by atoms with Gasteiger partial charge in [0, 0.05) is 18.7 Å². The first-order chi connectivity index (χ1) is 8.72. The van der Waals surface area contributed by atoms with Gasteiger partial charge in [-0.25, -0.2) is 9.37 Å².